The zero-order valence-corrected chi connectivity index (χ0v) is 29.5. The zero-order chi connectivity index (χ0) is 34.2. The van der Waals surface area contributed by atoms with Gasteiger partial charge in [-0.25, -0.2) is 9.97 Å². The average Bonchev–Trinajstić information content (AvgIpc) is 3.92. The first-order valence-corrected chi connectivity index (χ1v) is 18.8. The van der Waals surface area contributed by atoms with Crippen LogP contribution in [0.5, 0.6) is 0 Å². The van der Waals surface area contributed by atoms with E-state index in [1.807, 2.05) is 76.8 Å². The summed E-state index contributed by atoms with van der Waals surface area (Å²) < 4.78 is 3.43. The standard InChI is InChI=1S/C38H39N7O3S2/c1-26-9-10-28(20-39-26)35-40-21-29(50-35)22-42-15-11-30(32(23-42)27-6-3-2-4-7-27)36(46)43-17-13-38(48,14-18-43)24-44-25-41-34-31(37(44)47)12-16-45(34)33-8-5-19-49-33/h2-10,12,16,19-21,25,30,32,48H,11,13-15,17-18,22-24H2,1H3/t30-,32+/m1/s1. The lowest BCUT2D eigenvalue weighted by atomic mass is 9.79. The van der Waals surface area contributed by atoms with E-state index < -0.39 is 5.60 Å². The fourth-order valence-electron chi connectivity index (χ4n) is 7.43. The summed E-state index contributed by atoms with van der Waals surface area (Å²) in [5, 5.41) is 16.1. The minimum Gasteiger partial charge on any atom is -0.388 e. The monoisotopic (exact) mass is 705 g/mol. The Morgan fingerprint density at radius 1 is 0.980 bits per heavy atom. The first kappa shape index (κ1) is 32.7. The smallest absolute Gasteiger partial charge is 0.262 e. The summed E-state index contributed by atoms with van der Waals surface area (Å²) in [6, 6.07) is 20.2. The van der Waals surface area contributed by atoms with Crippen LogP contribution in [0.3, 0.4) is 0 Å². The van der Waals surface area contributed by atoms with Crippen LogP contribution in [0.2, 0.25) is 0 Å². The van der Waals surface area contributed by atoms with Crippen LogP contribution in [-0.2, 0) is 17.9 Å². The SMILES string of the molecule is Cc1ccc(-c2ncc(CN3CC[C@@H](C(=O)N4CCC(O)(Cn5cnc6c(ccn6-c6cccs6)c5=O)CC4)[C@H](c4ccccc4)C3)s2)cn1. The quantitative estimate of drug-likeness (QED) is 0.215. The molecule has 5 aromatic heterocycles. The number of benzene rings is 1. The molecule has 0 saturated carbocycles. The topological polar surface area (TPSA) is 109 Å². The van der Waals surface area contributed by atoms with Gasteiger partial charge >= 0.3 is 0 Å². The maximum Gasteiger partial charge on any atom is 0.262 e. The molecule has 2 saturated heterocycles. The van der Waals surface area contributed by atoms with Crippen LogP contribution >= 0.6 is 22.7 Å². The second-order valence-corrected chi connectivity index (χ2v) is 15.6. The number of aryl methyl sites for hydroxylation is 1. The lowest BCUT2D eigenvalue weighted by Gasteiger charge is -2.43. The Labute approximate surface area is 298 Å². The number of likely N-dealkylation sites (tertiary alicyclic amines) is 2. The molecule has 2 aliphatic rings. The molecular formula is C38H39N7O3S2. The molecule has 1 N–H and O–H groups in total. The highest BCUT2D eigenvalue weighted by Crippen LogP contribution is 2.37. The molecule has 50 heavy (non-hydrogen) atoms. The second kappa shape index (κ2) is 13.7. The van der Waals surface area contributed by atoms with Crippen molar-refractivity contribution in [2.75, 3.05) is 26.2 Å². The van der Waals surface area contributed by atoms with Crippen LogP contribution in [0.1, 0.15) is 41.3 Å². The number of nitrogens with zero attached hydrogens (tertiary/aromatic N) is 7. The van der Waals surface area contributed by atoms with E-state index in [-0.39, 0.29) is 29.8 Å². The van der Waals surface area contributed by atoms with Crippen molar-refractivity contribution in [3.8, 4) is 15.6 Å². The maximum atomic E-state index is 14.2. The summed E-state index contributed by atoms with van der Waals surface area (Å²) in [4.78, 5) is 46.9. The minimum atomic E-state index is -1.10. The van der Waals surface area contributed by atoms with Crippen molar-refractivity contribution in [2.24, 2.45) is 5.92 Å². The second-order valence-electron chi connectivity index (χ2n) is 13.6. The lowest BCUT2D eigenvalue weighted by molar-refractivity contribution is -0.142. The predicted molar refractivity (Wildman–Crippen MR) is 197 cm³/mol. The van der Waals surface area contributed by atoms with Gasteiger partial charge in [0.25, 0.3) is 5.56 Å². The fourth-order valence-corrected chi connectivity index (χ4v) is 9.09. The molecule has 10 nitrogen and oxygen atoms in total. The number of thiophene rings is 1. The van der Waals surface area contributed by atoms with E-state index in [1.165, 1.54) is 21.3 Å². The van der Waals surface area contributed by atoms with Gasteiger partial charge in [-0.2, -0.15) is 0 Å². The number of piperidine rings is 2. The number of fused-ring (bicyclic) bond motifs is 1. The van der Waals surface area contributed by atoms with E-state index >= 15 is 0 Å². The third-order valence-corrected chi connectivity index (χ3v) is 12.1. The summed E-state index contributed by atoms with van der Waals surface area (Å²) in [6.45, 7) is 5.42. The van der Waals surface area contributed by atoms with Crippen LogP contribution < -0.4 is 5.56 Å². The molecule has 0 spiro atoms. The number of rotatable bonds is 8. The first-order valence-electron chi connectivity index (χ1n) is 17.1. The summed E-state index contributed by atoms with van der Waals surface area (Å²) in [5.74, 6) is 0.0737. The number of aliphatic hydroxyl groups is 1. The van der Waals surface area contributed by atoms with Gasteiger partial charge in [0.2, 0.25) is 5.91 Å². The van der Waals surface area contributed by atoms with Crippen molar-refractivity contribution in [1.82, 2.24) is 33.9 Å². The Hall–Kier alpha value is -4.49. The van der Waals surface area contributed by atoms with Crippen molar-refractivity contribution in [3.63, 3.8) is 0 Å². The average molecular weight is 706 g/mol. The van der Waals surface area contributed by atoms with Crippen LogP contribution in [0.15, 0.2) is 95.8 Å². The molecule has 1 amide bonds. The Bertz CT molecular complexity index is 2150. The van der Waals surface area contributed by atoms with Crippen molar-refractivity contribution in [1.29, 1.82) is 0 Å². The van der Waals surface area contributed by atoms with Gasteiger partial charge in [0.1, 0.15) is 16.3 Å². The van der Waals surface area contributed by atoms with Crippen molar-refractivity contribution >= 4 is 39.6 Å². The molecule has 2 fully saturated rings. The number of hydrogen-bond donors (Lipinski definition) is 1. The van der Waals surface area contributed by atoms with Gasteiger partial charge in [-0.15, -0.1) is 22.7 Å². The summed E-state index contributed by atoms with van der Waals surface area (Å²) in [6.07, 6.45) is 8.81. The first-order chi connectivity index (χ1) is 24.3. The summed E-state index contributed by atoms with van der Waals surface area (Å²) in [5.41, 5.74) is 2.53. The molecule has 12 heteroatoms. The molecule has 256 valence electrons. The van der Waals surface area contributed by atoms with E-state index in [0.717, 1.165) is 47.3 Å². The molecule has 1 aromatic carbocycles. The number of amides is 1. The molecule has 2 aliphatic heterocycles. The number of aromatic nitrogens is 5. The normalized spacial score (nSPS) is 19.6. The molecule has 7 heterocycles. The van der Waals surface area contributed by atoms with Crippen molar-refractivity contribution in [2.45, 2.75) is 50.8 Å². The van der Waals surface area contributed by atoms with Gasteiger partial charge < -0.3 is 10.0 Å². The number of thiazole rings is 1. The zero-order valence-electron chi connectivity index (χ0n) is 27.9. The molecule has 6 aromatic rings. The van der Waals surface area contributed by atoms with Crippen LogP contribution in [0, 0.1) is 12.8 Å². The van der Waals surface area contributed by atoms with Crippen molar-refractivity contribution < 1.29 is 9.90 Å². The van der Waals surface area contributed by atoms with Gasteiger partial charge in [0, 0.05) is 72.7 Å². The van der Waals surface area contributed by atoms with E-state index in [0.29, 0.717) is 37.0 Å². The Morgan fingerprint density at radius 2 is 1.82 bits per heavy atom. The molecular weight excluding hydrogens is 667 g/mol. The highest BCUT2D eigenvalue weighted by atomic mass is 32.1. The van der Waals surface area contributed by atoms with Crippen LogP contribution in [-0.4, -0.2) is 76.7 Å². The number of carbonyl (C=O) groups excluding carboxylic acids is 1. The summed E-state index contributed by atoms with van der Waals surface area (Å²) in [7, 11) is 0. The van der Waals surface area contributed by atoms with Gasteiger partial charge in [-0.05, 0) is 74.0 Å². The maximum absolute atomic E-state index is 14.2. The lowest BCUT2D eigenvalue weighted by Crippen LogP contribution is -2.53. The molecule has 8 rings (SSSR count). The Morgan fingerprint density at radius 3 is 2.58 bits per heavy atom. The molecule has 0 unspecified atom stereocenters. The largest absolute Gasteiger partial charge is 0.388 e. The number of hydrogen-bond acceptors (Lipinski definition) is 9. The number of carbonyl (C=O) groups is 1. The molecule has 0 bridgehead atoms. The number of pyridine rings is 1. The third kappa shape index (κ3) is 6.56. The Balaban J connectivity index is 0.929. The van der Waals surface area contributed by atoms with Gasteiger partial charge in [-0.3, -0.25) is 28.6 Å². The van der Waals surface area contributed by atoms with Gasteiger partial charge in [-0.1, -0.05) is 30.3 Å². The Kier molecular flexibility index (Phi) is 8.94. The van der Waals surface area contributed by atoms with Crippen LogP contribution in [0.4, 0.5) is 0 Å². The van der Waals surface area contributed by atoms with E-state index in [2.05, 4.69) is 38.1 Å². The van der Waals surface area contributed by atoms with Gasteiger partial charge in [0.15, 0.2) is 5.65 Å². The van der Waals surface area contributed by atoms with Crippen LogP contribution in [0.25, 0.3) is 26.6 Å². The fraction of sp³-hybridized carbons (Fsp3) is 0.342. The predicted octanol–water partition coefficient (Wildman–Crippen LogP) is 5.74. The van der Waals surface area contributed by atoms with E-state index in [9.17, 15) is 14.7 Å². The highest BCUT2D eigenvalue weighted by molar-refractivity contribution is 7.15. The van der Waals surface area contributed by atoms with Crippen molar-refractivity contribution in [3.05, 3.63) is 117 Å². The summed E-state index contributed by atoms with van der Waals surface area (Å²) >= 11 is 3.28. The third-order valence-electron chi connectivity index (χ3n) is 10.2. The highest BCUT2D eigenvalue weighted by Gasteiger charge is 2.41. The molecule has 0 radical (unpaired) electrons. The van der Waals surface area contributed by atoms with E-state index in [1.54, 1.807) is 28.7 Å². The minimum absolute atomic E-state index is 0.0600. The van der Waals surface area contributed by atoms with E-state index in [4.69, 9.17) is 0 Å². The molecule has 2 atom stereocenters. The molecule has 0 aliphatic carbocycles. The van der Waals surface area contributed by atoms with Gasteiger partial charge in [0.05, 0.1) is 17.5 Å².